The summed E-state index contributed by atoms with van der Waals surface area (Å²) in [6.07, 6.45) is 4.82. The third-order valence-corrected chi connectivity index (χ3v) is 5.09. The van der Waals surface area contributed by atoms with Crippen LogP contribution in [0.3, 0.4) is 0 Å². The molecule has 4 rings (SSSR count). The molecule has 0 spiro atoms. The van der Waals surface area contributed by atoms with Crippen molar-refractivity contribution in [3.63, 3.8) is 0 Å². The summed E-state index contributed by atoms with van der Waals surface area (Å²) in [5.41, 5.74) is 3.68. The number of nitrogens with one attached hydrogen (secondary N) is 1. The molecule has 126 valence electrons. The second-order valence-electron chi connectivity index (χ2n) is 6.15. The summed E-state index contributed by atoms with van der Waals surface area (Å²) in [7, 11) is 0. The number of nitrogens with zero attached hydrogens (tertiary/aromatic N) is 1. The van der Waals surface area contributed by atoms with Crippen LogP contribution in [0.15, 0.2) is 82.8 Å². The van der Waals surface area contributed by atoms with Gasteiger partial charge in [-0.05, 0) is 35.1 Å². The fourth-order valence-corrected chi connectivity index (χ4v) is 3.88. The van der Waals surface area contributed by atoms with Gasteiger partial charge in [0.15, 0.2) is 0 Å². The molecule has 25 heavy (non-hydrogen) atoms. The molecule has 0 saturated carbocycles. The van der Waals surface area contributed by atoms with Gasteiger partial charge >= 0.3 is 0 Å². The molecule has 3 heterocycles. The Morgan fingerprint density at radius 3 is 2.76 bits per heavy atom. The summed E-state index contributed by atoms with van der Waals surface area (Å²) < 4.78 is 0. The van der Waals surface area contributed by atoms with Gasteiger partial charge in [0.1, 0.15) is 11.5 Å². The average Bonchev–Trinajstić information content (AvgIpc) is 3.08. The summed E-state index contributed by atoms with van der Waals surface area (Å²) in [6.45, 7) is 0.669. The zero-order valence-corrected chi connectivity index (χ0v) is 14.4. The minimum absolute atomic E-state index is 0.0233. The SMILES string of the molecule is O=C1CC(O)=C2C(=CC(Cc3ccccc3)=CN2Cc2cccs2)N1. The van der Waals surface area contributed by atoms with E-state index >= 15 is 0 Å². The minimum atomic E-state index is -0.176. The van der Waals surface area contributed by atoms with Crippen LogP contribution in [-0.2, 0) is 17.8 Å². The van der Waals surface area contributed by atoms with Gasteiger partial charge in [0.2, 0.25) is 5.91 Å². The van der Waals surface area contributed by atoms with E-state index < -0.39 is 0 Å². The van der Waals surface area contributed by atoms with E-state index in [0.29, 0.717) is 17.9 Å². The van der Waals surface area contributed by atoms with Crippen molar-refractivity contribution in [3.8, 4) is 0 Å². The third-order valence-electron chi connectivity index (χ3n) is 4.23. The van der Waals surface area contributed by atoms with Crippen molar-refractivity contribution in [2.75, 3.05) is 0 Å². The van der Waals surface area contributed by atoms with Crippen molar-refractivity contribution in [1.82, 2.24) is 10.2 Å². The summed E-state index contributed by atoms with van der Waals surface area (Å²) in [6, 6.07) is 14.3. The fraction of sp³-hybridized carbons (Fsp3) is 0.150. The maximum absolute atomic E-state index is 11.8. The Morgan fingerprint density at radius 2 is 2.00 bits per heavy atom. The highest BCUT2D eigenvalue weighted by molar-refractivity contribution is 7.09. The highest BCUT2D eigenvalue weighted by Gasteiger charge is 2.29. The molecule has 0 bridgehead atoms. The first-order chi connectivity index (χ1) is 12.2. The molecular weight excluding hydrogens is 332 g/mol. The Hall–Kier alpha value is -2.79. The number of amides is 1. The van der Waals surface area contributed by atoms with Gasteiger partial charge in [-0.3, -0.25) is 4.79 Å². The van der Waals surface area contributed by atoms with E-state index in [-0.39, 0.29) is 18.1 Å². The van der Waals surface area contributed by atoms with Crippen LogP contribution in [0.25, 0.3) is 0 Å². The molecule has 1 aromatic carbocycles. The smallest absolute Gasteiger partial charge is 0.232 e. The molecule has 2 aliphatic rings. The fourth-order valence-electron chi connectivity index (χ4n) is 3.18. The van der Waals surface area contributed by atoms with Crippen molar-refractivity contribution in [2.45, 2.75) is 19.4 Å². The van der Waals surface area contributed by atoms with E-state index in [0.717, 1.165) is 12.0 Å². The molecule has 2 aromatic rings. The highest BCUT2D eigenvalue weighted by atomic mass is 32.1. The number of thiophene rings is 1. The molecule has 0 atom stereocenters. The van der Waals surface area contributed by atoms with Gasteiger partial charge in [-0.15, -0.1) is 11.3 Å². The zero-order valence-electron chi connectivity index (χ0n) is 13.6. The van der Waals surface area contributed by atoms with Gasteiger partial charge in [-0.25, -0.2) is 0 Å². The van der Waals surface area contributed by atoms with Crippen LogP contribution >= 0.6 is 11.3 Å². The summed E-state index contributed by atoms with van der Waals surface area (Å²) in [5.74, 6) is -0.0499. The van der Waals surface area contributed by atoms with E-state index in [2.05, 4.69) is 29.7 Å². The van der Waals surface area contributed by atoms with Crippen LogP contribution < -0.4 is 5.32 Å². The lowest BCUT2D eigenvalue weighted by atomic mass is 9.99. The standard InChI is InChI=1S/C20H18N2O2S/c23-18-11-19(24)21-17-10-15(9-14-5-2-1-3-6-14)12-22(20(17)18)13-16-7-4-8-25-16/h1-8,10,12,23H,9,11,13H2,(H,21,24). The van der Waals surface area contributed by atoms with Gasteiger partial charge < -0.3 is 15.3 Å². The second kappa shape index (κ2) is 6.61. The molecule has 2 N–H and O–H groups in total. The maximum atomic E-state index is 11.8. The number of rotatable bonds is 4. The second-order valence-corrected chi connectivity index (χ2v) is 7.18. The van der Waals surface area contributed by atoms with Crippen molar-refractivity contribution >= 4 is 17.2 Å². The highest BCUT2D eigenvalue weighted by Crippen LogP contribution is 2.32. The van der Waals surface area contributed by atoms with Crippen molar-refractivity contribution in [3.05, 3.63) is 93.3 Å². The number of allylic oxidation sites excluding steroid dienone is 2. The Morgan fingerprint density at radius 1 is 1.16 bits per heavy atom. The summed E-state index contributed by atoms with van der Waals surface area (Å²) in [4.78, 5) is 15.1. The van der Waals surface area contributed by atoms with Crippen molar-refractivity contribution < 1.29 is 9.90 Å². The van der Waals surface area contributed by atoms with E-state index in [1.165, 1.54) is 10.4 Å². The Balaban J connectivity index is 1.69. The predicted molar refractivity (Wildman–Crippen MR) is 98.6 cm³/mol. The molecule has 0 unspecified atom stereocenters. The molecule has 4 nitrogen and oxygen atoms in total. The molecule has 1 aromatic heterocycles. The number of benzene rings is 1. The first-order valence-electron chi connectivity index (χ1n) is 8.17. The van der Waals surface area contributed by atoms with Gasteiger partial charge in [-0.2, -0.15) is 0 Å². The molecular formula is C20H18N2O2S. The monoisotopic (exact) mass is 350 g/mol. The van der Waals surface area contributed by atoms with E-state index in [1.54, 1.807) is 11.3 Å². The molecule has 0 aliphatic carbocycles. The van der Waals surface area contributed by atoms with Gasteiger partial charge in [0, 0.05) is 11.1 Å². The lowest BCUT2D eigenvalue weighted by Crippen LogP contribution is -2.36. The number of carbonyl (C=O) groups excluding carboxylic acids is 1. The van der Waals surface area contributed by atoms with Crippen LogP contribution in [0.2, 0.25) is 0 Å². The van der Waals surface area contributed by atoms with Gasteiger partial charge in [-0.1, -0.05) is 36.4 Å². The van der Waals surface area contributed by atoms with Crippen molar-refractivity contribution in [1.29, 1.82) is 0 Å². The number of fused-ring (bicyclic) bond motifs is 1. The van der Waals surface area contributed by atoms with Crippen LogP contribution in [-0.4, -0.2) is 15.9 Å². The normalized spacial score (nSPS) is 17.0. The number of hydrogen-bond acceptors (Lipinski definition) is 4. The molecule has 2 aliphatic heterocycles. The summed E-state index contributed by atoms with van der Waals surface area (Å²) in [5, 5.41) is 15.3. The zero-order chi connectivity index (χ0) is 17.2. The lowest BCUT2D eigenvalue weighted by Gasteiger charge is -2.33. The number of hydrogen-bond donors (Lipinski definition) is 2. The predicted octanol–water partition coefficient (Wildman–Crippen LogP) is 3.86. The lowest BCUT2D eigenvalue weighted by molar-refractivity contribution is -0.120. The Bertz CT molecular complexity index is 880. The number of aliphatic hydroxyl groups is 1. The van der Waals surface area contributed by atoms with E-state index in [1.807, 2.05) is 40.6 Å². The molecule has 0 radical (unpaired) electrons. The van der Waals surface area contributed by atoms with Gasteiger partial charge in [0.05, 0.1) is 18.7 Å². The topological polar surface area (TPSA) is 52.6 Å². The molecule has 0 saturated heterocycles. The van der Waals surface area contributed by atoms with Crippen LogP contribution in [0.5, 0.6) is 0 Å². The Labute approximate surface area is 150 Å². The minimum Gasteiger partial charge on any atom is -0.510 e. The molecule has 5 heteroatoms. The number of carbonyl (C=O) groups is 1. The maximum Gasteiger partial charge on any atom is 0.232 e. The number of aliphatic hydroxyl groups excluding tert-OH is 1. The first-order valence-corrected chi connectivity index (χ1v) is 9.05. The van der Waals surface area contributed by atoms with E-state index in [4.69, 9.17) is 0 Å². The van der Waals surface area contributed by atoms with Crippen molar-refractivity contribution in [2.24, 2.45) is 0 Å². The quantitative estimate of drug-likeness (QED) is 0.880. The van der Waals surface area contributed by atoms with Crippen LogP contribution in [0, 0.1) is 0 Å². The summed E-state index contributed by atoms with van der Waals surface area (Å²) >= 11 is 1.68. The van der Waals surface area contributed by atoms with Crippen LogP contribution in [0.4, 0.5) is 0 Å². The first kappa shape index (κ1) is 15.7. The molecule has 0 fully saturated rings. The average molecular weight is 350 g/mol. The molecule has 1 amide bonds. The largest absolute Gasteiger partial charge is 0.510 e. The van der Waals surface area contributed by atoms with E-state index in [9.17, 15) is 9.90 Å². The van der Waals surface area contributed by atoms with Crippen LogP contribution in [0.1, 0.15) is 16.9 Å². The Kier molecular flexibility index (Phi) is 4.15. The third kappa shape index (κ3) is 3.37. The van der Waals surface area contributed by atoms with Gasteiger partial charge in [0.25, 0.3) is 0 Å².